The van der Waals surface area contributed by atoms with Crippen LogP contribution in [0.25, 0.3) is 0 Å². The summed E-state index contributed by atoms with van der Waals surface area (Å²) in [6.45, 7) is 8.72. The van der Waals surface area contributed by atoms with Crippen molar-refractivity contribution in [3.63, 3.8) is 0 Å². The topological polar surface area (TPSA) is 12.0 Å². The van der Waals surface area contributed by atoms with Gasteiger partial charge in [-0.25, -0.2) is 0 Å². The van der Waals surface area contributed by atoms with Gasteiger partial charge in [-0.05, 0) is 37.5 Å². The molecule has 0 aliphatic heterocycles. The van der Waals surface area contributed by atoms with Crippen LogP contribution in [0.3, 0.4) is 0 Å². The van der Waals surface area contributed by atoms with Gasteiger partial charge in [0.2, 0.25) is 0 Å². The first kappa shape index (κ1) is 12.3. The highest BCUT2D eigenvalue weighted by molar-refractivity contribution is 6.31. The van der Waals surface area contributed by atoms with Gasteiger partial charge < -0.3 is 5.32 Å². The Labute approximate surface area is 97.1 Å². The lowest BCUT2D eigenvalue weighted by Gasteiger charge is -2.12. The van der Waals surface area contributed by atoms with Crippen molar-refractivity contribution in [1.29, 1.82) is 0 Å². The number of benzene rings is 1. The lowest BCUT2D eigenvalue weighted by Crippen LogP contribution is -2.24. The molecule has 15 heavy (non-hydrogen) atoms. The van der Waals surface area contributed by atoms with E-state index in [9.17, 15) is 0 Å². The van der Waals surface area contributed by atoms with Gasteiger partial charge in [0.05, 0.1) is 0 Å². The van der Waals surface area contributed by atoms with E-state index in [-0.39, 0.29) is 0 Å². The normalized spacial score (nSPS) is 12.5. The molecule has 2 heteroatoms. The summed E-state index contributed by atoms with van der Waals surface area (Å²) in [5, 5.41) is 4.25. The minimum Gasteiger partial charge on any atom is -0.310 e. The summed E-state index contributed by atoms with van der Waals surface area (Å²) in [4.78, 5) is 0. The van der Waals surface area contributed by atoms with Crippen LogP contribution >= 0.6 is 11.6 Å². The van der Waals surface area contributed by atoms with E-state index in [1.165, 1.54) is 5.56 Å². The average molecular weight is 224 g/mol. The molecule has 0 amide bonds. The summed E-state index contributed by atoms with van der Waals surface area (Å²) < 4.78 is 0. The second-order valence-corrected chi connectivity index (χ2v) is 4.31. The molecule has 1 aromatic rings. The summed E-state index contributed by atoms with van der Waals surface area (Å²) >= 11 is 6.13. The highest BCUT2D eigenvalue weighted by Gasteiger charge is 2.02. The van der Waals surface area contributed by atoms with E-state index in [0.29, 0.717) is 6.04 Å². The largest absolute Gasteiger partial charge is 0.310 e. The first-order valence-corrected chi connectivity index (χ1v) is 5.60. The number of halogens is 1. The summed E-state index contributed by atoms with van der Waals surface area (Å²) in [6.07, 6.45) is 2.90. The van der Waals surface area contributed by atoms with Crippen LogP contribution in [0.15, 0.2) is 30.9 Å². The molecule has 1 unspecified atom stereocenters. The van der Waals surface area contributed by atoms with Crippen LogP contribution < -0.4 is 5.32 Å². The van der Waals surface area contributed by atoms with E-state index in [1.54, 1.807) is 0 Å². The minimum absolute atomic E-state index is 0.444. The maximum atomic E-state index is 6.13. The van der Waals surface area contributed by atoms with E-state index < -0.39 is 0 Å². The van der Waals surface area contributed by atoms with Crippen molar-refractivity contribution < 1.29 is 0 Å². The minimum atomic E-state index is 0.444. The van der Waals surface area contributed by atoms with Crippen molar-refractivity contribution >= 4 is 11.6 Å². The van der Waals surface area contributed by atoms with Crippen molar-refractivity contribution in [1.82, 2.24) is 5.32 Å². The Kier molecular flexibility index (Phi) is 4.86. The Hall–Kier alpha value is -0.790. The number of hydrogen-bond acceptors (Lipinski definition) is 1. The predicted octanol–water partition coefficient (Wildman–Crippen LogP) is 3.70. The van der Waals surface area contributed by atoms with Gasteiger partial charge in [0.15, 0.2) is 0 Å². The second kappa shape index (κ2) is 5.94. The summed E-state index contributed by atoms with van der Waals surface area (Å²) in [6, 6.07) is 6.60. The van der Waals surface area contributed by atoms with Gasteiger partial charge in [0.1, 0.15) is 0 Å². The van der Waals surface area contributed by atoms with Gasteiger partial charge in [-0.2, -0.15) is 0 Å². The van der Waals surface area contributed by atoms with Gasteiger partial charge in [-0.1, -0.05) is 29.8 Å². The Morgan fingerprint density at radius 2 is 2.27 bits per heavy atom. The molecule has 0 saturated carbocycles. The van der Waals surface area contributed by atoms with Crippen molar-refractivity contribution in [2.45, 2.75) is 32.9 Å². The molecular formula is C13H18ClN. The smallest absolute Gasteiger partial charge is 0.0453 e. The third-order valence-corrected chi connectivity index (χ3v) is 2.72. The maximum Gasteiger partial charge on any atom is 0.0453 e. The first-order valence-electron chi connectivity index (χ1n) is 5.22. The predicted molar refractivity (Wildman–Crippen MR) is 67.3 cm³/mol. The Morgan fingerprint density at radius 1 is 1.53 bits per heavy atom. The zero-order valence-corrected chi connectivity index (χ0v) is 10.1. The van der Waals surface area contributed by atoms with Gasteiger partial charge in [-0.15, -0.1) is 6.58 Å². The van der Waals surface area contributed by atoms with Crippen LogP contribution in [0.2, 0.25) is 5.02 Å². The fraction of sp³-hybridized carbons (Fsp3) is 0.385. The highest BCUT2D eigenvalue weighted by atomic mass is 35.5. The SMILES string of the molecule is C=CCC(C)NCc1ccc(C)cc1Cl. The maximum absolute atomic E-state index is 6.13. The zero-order valence-electron chi connectivity index (χ0n) is 9.39. The molecular weight excluding hydrogens is 206 g/mol. The zero-order chi connectivity index (χ0) is 11.3. The molecule has 0 aromatic heterocycles. The molecule has 1 aromatic carbocycles. The fourth-order valence-electron chi connectivity index (χ4n) is 1.41. The molecule has 0 spiro atoms. The molecule has 0 heterocycles. The van der Waals surface area contributed by atoms with E-state index >= 15 is 0 Å². The van der Waals surface area contributed by atoms with E-state index in [1.807, 2.05) is 19.1 Å². The van der Waals surface area contributed by atoms with Crippen LogP contribution in [0, 0.1) is 6.92 Å². The Bertz CT molecular complexity index is 333. The van der Waals surface area contributed by atoms with Crippen LogP contribution in [-0.2, 0) is 6.54 Å². The molecule has 0 saturated heterocycles. The van der Waals surface area contributed by atoms with Crippen LogP contribution in [-0.4, -0.2) is 6.04 Å². The molecule has 1 nitrogen and oxygen atoms in total. The Balaban J connectivity index is 2.54. The molecule has 1 N–H and O–H groups in total. The molecule has 1 rings (SSSR count). The monoisotopic (exact) mass is 223 g/mol. The number of aryl methyl sites for hydroxylation is 1. The molecule has 82 valence electrons. The summed E-state index contributed by atoms with van der Waals surface area (Å²) in [5.41, 5.74) is 2.35. The standard InChI is InChI=1S/C13H18ClN/c1-4-5-11(3)15-9-12-7-6-10(2)8-13(12)14/h4,6-8,11,15H,1,5,9H2,2-3H3. The van der Waals surface area contributed by atoms with Crippen molar-refractivity contribution in [2.24, 2.45) is 0 Å². The summed E-state index contributed by atoms with van der Waals surface area (Å²) in [5.74, 6) is 0. The number of hydrogen-bond donors (Lipinski definition) is 1. The Morgan fingerprint density at radius 3 is 2.87 bits per heavy atom. The fourth-order valence-corrected chi connectivity index (χ4v) is 1.72. The van der Waals surface area contributed by atoms with Crippen LogP contribution in [0.1, 0.15) is 24.5 Å². The van der Waals surface area contributed by atoms with Crippen molar-refractivity contribution in [3.05, 3.63) is 47.0 Å². The van der Waals surface area contributed by atoms with E-state index in [2.05, 4.69) is 31.0 Å². The van der Waals surface area contributed by atoms with Crippen molar-refractivity contribution in [2.75, 3.05) is 0 Å². The molecule has 0 fully saturated rings. The van der Waals surface area contributed by atoms with Gasteiger partial charge in [-0.3, -0.25) is 0 Å². The third kappa shape index (κ3) is 4.06. The second-order valence-electron chi connectivity index (χ2n) is 3.90. The molecule has 0 radical (unpaired) electrons. The quantitative estimate of drug-likeness (QED) is 0.751. The van der Waals surface area contributed by atoms with Gasteiger partial charge in [0, 0.05) is 17.6 Å². The molecule has 0 bridgehead atoms. The highest BCUT2D eigenvalue weighted by Crippen LogP contribution is 2.17. The van der Waals surface area contributed by atoms with Gasteiger partial charge >= 0.3 is 0 Å². The average Bonchev–Trinajstić information content (AvgIpc) is 2.17. The third-order valence-electron chi connectivity index (χ3n) is 2.37. The molecule has 0 aliphatic carbocycles. The lowest BCUT2D eigenvalue weighted by molar-refractivity contribution is 0.554. The molecule has 0 aliphatic rings. The number of rotatable bonds is 5. The van der Waals surface area contributed by atoms with E-state index in [4.69, 9.17) is 11.6 Å². The van der Waals surface area contributed by atoms with E-state index in [0.717, 1.165) is 23.6 Å². The first-order chi connectivity index (χ1) is 7.13. The van der Waals surface area contributed by atoms with Crippen LogP contribution in [0.5, 0.6) is 0 Å². The molecule has 1 atom stereocenters. The number of nitrogens with one attached hydrogen (secondary N) is 1. The summed E-state index contributed by atoms with van der Waals surface area (Å²) in [7, 11) is 0. The van der Waals surface area contributed by atoms with Gasteiger partial charge in [0.25, 0.3) is 0 Å². The van der Waals surface area contributed by atoms with Crippen LogP contribution in [0.4, 0.5) is 0 Å². The van der Waals surface area contributed by atoms with Crippen molar-refractivity contribution in [3.8, 4) is 0 Å². The lowest BCUT2D eigenvalue weighted by atomic mass is 10.1.